The SMILES string of the molecule is COC(=O)c1cc(C)c(Br)c(O)c1. The van der Waals surface area contributed by atoms with Crippen molar-refractivity contribution >= 4 is 21.9 Å². The predicted octanol–water partition coefficient (Wildman–Crippen LogP) is 2.25. The Bertz CT molecular complexity index is 324. The number of phenols is 1. The summed E-state index contributed by atoms with van der Waals surface area (Å²) in [6.07, 6.45) is 0. The first-order valence-corrected chi connectivity index (χ1v) is 4.43. The second-order valence-corrected chi connectivity index (χ2v) is 3.41. The number of hydrogen-bond acceptors (Lipinski definition) is 3. The Morgan fingerprint density at radius 3 is 2.62 bits per heavy atom. The standard InChI is InChI=1S/C9H9BrO3/c1-5-3-6(9(12)13-2)4-7(11)8(5)10/h3-4,11H,1-2H3. The number of carbonyl (C=O) groups is 1. The summed E-state index contributed by atoms with van der Waals surface area (Å²) in [4.78, 5) is 11.1. The number of aryl methyl sites for hydroxylation is 1. The number of methoxy groups -OCH3 is 1. The molecule has 0 radical (unpaired) electrons. The van der Waals surface area contributed by atoms with E-state index in [2.05, 4.69) is 20.7 Å². The first kappa shape index (κ1) is 10.1. The Morgan fingerprint density at radius 1 is 1.54 bits per heavy atom. The molecule has 1 N–H and O–H groups in total. The van der Waals surface area contributed by atoms with E-state index in [0.29, 0.717) is 10.0 Å². The van der Waals surface area contributed by atoms with Crippen molar-refractivity contribution in [3.8, 4) is 5.75 Å². The lowest BCUT2D eigenvalue weighted by molar-refractivity contribution is 0.0600. The highest BCUT2D eigenvalue weighted by atomic mass is 79.9. The van der Waals surface area contributed by atoms with E-state index in [1.54, 1.807) is 13.0 Å². The van der Waals surface area contributed by atoms with Gasteiger partial charge < -0.3 is 9.84 Å². The van der Waals surface area contributed by atoms with Crippen LogP contribution in [-0.4, -0.2) is 18.2 Å². The van der Waals surface area contributed by atoms with Crippen molar-refractivity contribution in [3.63, 3.8) is 0 Å². The molecule has 0 amide bonds. The third-order valence-corrected chi connectivity index (χ3v) is 2.69. The minimum absolute atomic E-state index is 0.0420. The maximum Gasteiger partial charge on any atom is 0.337 e. The lowest BCUT2D eigenvalue weighted by Gasteiger charge is -2.04. The number of hydrogen-bond donors (Lipinski definition) is 1. The second-order valence-electron chi connectivity index (χ2n) is 2.62. The summed E-state index contributed by atoms with van der Waals surface area (Å²) in [5, 5.41) is 9.37. The number of esters is 1. The zero-order valence-corrected chi connectivity index (χ0v) is 8.88. The first-order chi connectivity index (χ1) is 6.06. The molecule has 0 heterocycles. The highest BCUT2D eigenvalue weighted by Crippen LogP contribution is 2.28. The van der Waals surface area contributed by atoms with Crippen LogP contribution in [-0.2, 0) is 4.74 Å². The lowest BCUT2D eigenvalue weighted by atomic mass is 10.1. The Morgan fingerprint density at radius 2 is 2.15 bits per heavy atom. The zero-order valence-electron chi connectivity index (χ0n) is 7.30. The van der Waals surface area contributed by atoms with Crippen LogP contribution in [0.15, 0.2) is 16.6 Å². The van der Waals surface area contributed by atoms with Gasteiger partial charge in [-0.05, 0) is 40.5 Å². The molecule has 4 heteroatoms. The largest absolute Gasteiger partial charge is 0.507 e. The number of phenolic OH excluding ortho intramolecular Hbond substituents is 1. The molecule has 0 atom stereocenters. The Hall–Kier alpha value is -1.03. The van der Waals surface area contributed by atoms with Crippen molar-refractivity contribution in [2.24, 2.45) is 0 Å². The summed E-state index contributed by atoms with van der Waals surface area (Å²) in [5.41, 5.74) is 1.14. The molecule has 13 heavy (non-hydrogen) atoms. The van der Waals surface area contributed by atoms with Crippen LogP contribution in [0.4, 0.5) is 0 Å². The first-order valence-electron chi connectivity index (χ1n) is 3.63. The molecule has 1 aromatic carbocycles. The number of benzene rings is 1. The molecule has 3 nitrogen and oxygen atoms in total. The van der Waals surface area contributed by atoms with Crippen molar-refractivity contribution in [1.82, 2.24) is 0 Å². The summed E-state index contributed by atoms with van der Waals surface area (Å²) < 4.78 is 5.12. The van der Waals surface area contributed by atoms with E-state index < -0.39 is 5.97 Å². The van der Waals surface area contributed by atoms with Gasteiger partial charge in [0.2, 0.25) is 0 Å². The van der Waals surface area contributed by atoms with Crippen LogP contribution in [0.2, 0.25) is 0 Å². The Kier molecular flexibility index (Phi) is 2.93. The fourth-order valence-corrected chi connectivity index (χ4v) is 1.22. The molecule has 1 aromatic rings. The van der Waals surface area contributed by atoms with Crippen LogP contribution in [0.3, 0.4) is 0 Å². The molecule has 0 spiro atoms. The second kappa shape index (κ2) is 3.79. The van der Waals surface area contributed by atoms with Gasteiger partial charge in [0, 0.05) is 0 Å². The maximum atomic E-state index is 11.1. The fraction of sp³-hybridized carbons (Fsp3) is 0.222. The van der Waals surface area contributed by atoms with E-state index in [-0.39, 0.29) is 5.75 Å². The van der Waals surface area contributed by atoms with E-state index in [1.807, 2.05) is 0 Å². The van der Waals surface area contributed by atoms with Crippen molar-refractivity contribution in [2.45, 2.75) is 6.92 Å². The van der Waals surface area contributed by atoms with Crippen LogP contribution in [0.5, 0.6) is 5.75 Å². The molecule has 0 aliphatic heterocycles. The molecule has 0 saturated carbocycles. The highest BCUT2D eigenvalue weighted by molar-refractivity contribution is 9.10. The number of aromatic hydroxyl groups is 1. The summed E-state index contributed by atoms with van der Waals surface area (Å²) in [6.45, 7) is 1.79. The van der Waals surface area contributed by atoms with Crippen molar-refractivity contribution in [3.05, 3.63) is 27.7 Å². The fourth-order valence-electron chi connectivity index (χ4n) is 0.987. The number of rotatable bonds is 1. The van der Waals surface area contributed by atoms with E-state index in [0.717, 1.165) is 5.56 Å². The van der Waals surface area contributed by atoms with Gasteiger partial charge in [0.25, 0.3) is 0 Å². The van der Waals surface area contributed by atoms with Crippen LogP contribution in [0.1, 0.15) is 15.9 Å². The smallest absolute Gasteiger partial charge is 0.337 e. The third kappa shape index (κ3) is 2.01. The molecular weight excluding hydrogens is 236 g/mol. The molecule has 0 bridgehead atoms. The molecule has 0 saturated heterocycles. The van der Waals surface area contributed by atoms with Gasteiger partial charge in [-0.1, -0.05) is 0 Å². The monoisotopic (exact) mass is 244 g/mol. The summed E-state index contributed by atoms with van der Waals surface area (Å²) in [7, 11) is 1.30. The number of carbonyl (C=O) groups excluding carboxylic acids is 1. The minimum atomic E-state index is -0.453. The van der Waals surface area contributed by atoms with Crippen LogP contribution >= 0.6 is 15.9 Å². The number of ether oxygens (including phenoxy) is 1. The van der Waals surface area contributed by atoms with Crippen molar-refractivity contribution < 1.29 is 14.6 Å². The lowest BCUT2D eigenvalue weighted by Crippen LogP contribution is -2.01. The van der Waals surface area contributed by atoms with Gasteiger partial charge in [-0.25, -0.2) is 4.79 Å². The van der Waals surface area contributed by atoms with E-state index in [4.69, 9.17) is 0 Å². The maximum absolute atomic E-state index is 11.1. The Labute approximate surface area is 84.5 Å². The molecular formula is C9H9BrO3. The molecule has 0 aliphatic carbocycles. The van der Waals surface area contributed by atoms with E-state index in [9.17, 15) is 9.90 Å². The third-order valence-electron chi connectivity index (χ3n) is 1.66. The molecule has 0 fully saturated rings. The molecule has 1 rings (SSSR count). The highest BCUT2D eigenvalue weighted by Gasteiger charge is 2.10. The summed E-state index contributed by atoms with van der Waals surface area (Å²) >= 11 is 3.18. The average Bonchev–Trinajstić information content (AvgIpc) is 2.12. The van der Waals surface area contributed by atoms with Crippen molar-refractivity contribution in [1.29, 1.82) is 0 Å². The Balaban J connectivity index is 3.20. The number of halogens is 1. The van der Waals surface area contributed by atoms with Crippen LogP contribution in [0, 0.1) is 6.92 Å². The minimum Gasteiger partial charge on any atom is -0.507 e. The van der Waals surface area contributed by atoms with Gasteiger partial charge in [0.1, 0.15) is 5.75 Å². The van der Waals surface area contributed by atoms with E-state index in [1.165, 1.54) is 13.2 Å². The molecule has 0 unspecified atom stereocenters. The summed E-state index contributed by atoms with van der Waals surface area (Å²) in [5.74, 6) is -0.411. The molecule has 0 aliphatic rings. The predicted molar refractivity (Wildman–Crippen MR) is 51.9 cm³/mol. The average molecular weight is 245 g/mol. The van der Waals surface area contributed by atoms with Crippen LogP contribution < -0.4 is 0 Å². The van der Waals surface area contributed by atoms with Crippen LogP contribution in [0.25, 0.3) is 0 Å². The topological polar surface area (TPSA) is 46.5 Å². The van der Waals surface area contributed by atoms with E-state index >= 15 is 0 Å². The van der Waals surface area contributed by atoms with Gasteiger partial charge in [-0.3, -0.25) is 0 Å². The quantitative estimate of drug-likeness (QED) is 0.772. The zero-order chi connectivity index (χ0) is 10.0. The molecule has 0 aromatic heterocycles. The van der Waals surface area contributed by atoms with Gasteiger partial charge in [0.05, 0.1) is 17.1 Å². The normalized spacial score (nSPS) is 9.77. The van der Waals surface area contributed by atoms with Gasteiger partial charge >= 0.3 is 5.97 Å². The van der Waals surface area contributed by atoms with Gasteiger partial charge in [0.15, 0.2) is 0 Å². The van der Waals surface area contributed by atoms with Crippen molar-refractivity contribution in [2.75, 3.05) is 7.11 Å². The van der Waals surface area contributed by atoms with Gasteiger partial charge in [-0.2, -0.15) is 0 Å². The van der Waals surface area contributed by atoms with Gasteiger partial charge in [-0.15, -0.1) is 0 Å². The summed E-state index contributed by atoms with van der Waals surface area (Å²) in [6, 6.07) is 3.01. The molecule has 70 valence electrons.